The van der Waals surface area contributed by atoms with Gasteiger partial charge < -0.3 is 25.4 Å². The highest BCUT2D eigenvalue weighted by atomic mass is 32.2. The van der Waals surface area contributed by atoms with Gasteiger partial charge in [-0.15, -0.1) is 0 Å². The molecule has 0 aromatic heterocycles. The fourth-order valence-corrected chi connectivity index (χ4v) is 3.03. The van der Waals surface area contributed by atoms with Crippen LogP contribution in [0.15, 0.2) is 4.99 Å². The van der Waals surface area contributed by atoms with Crippen LogP contribution in [0, 0.1) is 0 Å². The first kappa shape index (κ1) is 13.9. The molecular weight excluding hydrogens is 270 g/mol. The number of hydrogen-bond acceptors (Lipinski definition) is 7. The van der Waals surface area contributed by atoms with Gasteiger partial charge in [-0.25, -0.2) is 0 Å². The summed E-state index contributed by atoms with van der Waals surface area (Å²) in [7, 11) is 0. The third-order valence-corrected chi connectivity index (χ3v) is 3.72. The number of rotatable bonds is 2. The molecule has 4 N–H and O–H groups in total. The van der Waals surface area contributed by atoms with Crippen LogP contribution in [0.25, 0.3) is 0 Å². The Kier molecular flexibility index (Phi) is 3.79. The number of ether oxygens (including phenoxy) is 1. The minimum absolute atomic E-state index is 0.0534. The van der Waals surface area contributed by atoms with E-state index in [0.29, 0.717) is 6.92 Å². The second kappa shape index (κ2) is 4.89. The minimum Gasteiger partial charge on any atom is -0.394 e. The molecule has 2 rings (SSSR count). The van der Waals surface area contributed by atoms with Gasteiger partial charge in [0.15, 0.2) is 5.17 Å². The Hall–Kier alpha value is -0.480. The van der Waals surface area contributed by atoms with Gasteiger partial charge in [0.25, 0.3) is 0 Å². The van der Waals surface area contributed by atoms with Crippen LogP contribution in [-0.2, 0) is 4.74 Å². The van der Waals surface area contributed by atoms with Gasteiger partial charge >= 0.3 is 6.05 Å². The largest absolute Gasteiger partial charge is 0.394 e. The number of thioether (sulfide) groups is 1. The maximum atomic E-state index is 12.8. The molecular formula is C9H14F2N2O4S. The van der Waals surface area contributed by atoms with E-state index < -0.39 is 42.4 Å². The third kappa shape index (κ3) is 2.75. The van der Waals surface area contributed by atoms with Crippen molar-refractivity contribution in [2.45, 2.75) is 42.8 Å². The first-order valence-electron chi connectivity index (χ1n) is 5.35. The van der Waals surface area contributed by atoms with E-state index in [2.05, 4.69) is 4.99 Å². The van der Waals surface area contributed by atoms with Crippen molar-refractivity contribution in [2.24, 2.45) is 4.99 Å². The normalized spacial score (nSPS) is 40.3. The second-order valence-electron chi connectivity index (χ2n) is 4.26. The molecule has 0 unspecified atom stereocenters. The van der Waals surface area contributed by atoms with E-state index >= 15 is 0 Å². The van der Waals surface area contributed by atoms with Crippen LogP contribution in [-0.4, -0.2) is 62.9 Å². The van der Waals surface area contributed by atoms with Gasteiger partial charge in [0, 0.05) is 6.92 Å². The molecule has 0 aromatic carbocycles. The van der Waals surface area contributed by atoms with Gasteiger partial charge in [0.2, 0.25) is 0 Å². The molecule has 1 fully saturated rings. The van der Waals surface area contributed by atoms with E-state index in [-0.39, 0.29) is 5.17 Å². The predicted octanol–water partition coefficient (Wildman–Crippen LogP) is -0.901. The molecule has 1 saturated heterocycles. The number of hydrogen-bond donors (Lipinski definition) is 4. The van der Waals surface area contributed by atoms with Crippen LogP contribution in [0.3, 0.4) is 0 Å². The molecule has 0 aromatic rings. The molecule has 0 amide bonds. The lowest BCUT2D eigenvalue weighted by Crippen LogP contribution is -2.55. The zero-order valence-electron chi connectivity index (χ0n) is 9.46. The maximum absolute atomic E-state index is 12.8. The zero-order chi connectivity index (χ0) is 13.5. The fourth-order valence-electron chi connectivity index (χ4n) is 1.83. The average Bonchev–Trinajstić information content (AvgIpc) is 2.63. The molecule has 0 spiro atoms. The zero-order valence-corrected chi connectivity index (χ0v) is 10.3. The van der Waals surface area contributed by atoms with Gasteiger partial charge in [-0.1, -0.05) is 11.8 Å². The van der Waals surface area contributed by atoms with Crippen LogP contribution < -0.4 is 5.32 Å². The summed E-state index contributed by atoms with van der Waals surface area (Å²) in [6.45, 7) is 0.218. The number of alkyl halides is 2. The highest BCUT2D eigenvalue weighted by Gasteiger charge is 2.48. The molecule has 6 nitrogen and oxygen atoms in total. The lowest BCUT2D eigenvalue weighted by atomic mass is 9.99. The molecule has 2 aliphatic heterocycles. The number of aliphatic imine (C=N–C) groups is 1. The van der Waals surface area contributed by atoms with Gasteiger partial charge in [-0.2, -0.15) is 8.78 Å². The smallest absolute Gasteiger partial charge is 0.322 e. The molecule has 2 aliphatic rings. The molecule has 18 heavy (non-hydrogen) atoms. The molecule has 0 bridgehead atoms. The summed E-state index contributed by atoms with van der Waals surface area (Å²) in [5.74, 6) is 0. The monoisotopic (exact) mass is 284 g/mol. The third-order valence-electron chi connectivity index (χ3n) is 2.67. The molecule has 0 aliphatic carbocycles. The van der Waals surface area contributed by atoms with Crippen molar-refractivity contribution in [3.8, 4) is 0 Å². The summed E-state index contributed by atoms with van der Waals surface area (Å²) in [6.07, 6.45) is -3.48. The fraction of sp³-hybridized carbons (Fsp3) is 0.889. The summed E-state index contributed by atoms with van der Waals surface area (Å²) in [6, 6.07) is -3.95. The molecule has 5 atom stereocenters. The molecule has 104 valence electrons. The first-order chi connectivity index (χ1) is 8.31. The highest BCUT2D eigenvalue weighted by Crippen LogP contribution is 2.36. The minimum atomic E-state index is -3.13. The first-order valence-corrected chi connectivity index (χ1v) is 6.22. The van der Waals surface area contributed by atoms with Crippen LogP contribution in [0.5, 0.6) is 0 Å². The summed E-state index contributed by atoms with van der Waals surface area (Å²) in [5.41, 5.74) is -0.689. The van der Waals surface area contributed by atoms with Crippen molar-refractivity contribution < 1.29 is 28.8 Å². The summed E-state index contributed by atoms with van der Waals surface area (Å²) >= 11 is 0.901. The van der Waals surface area contributed by atoms with Crippen LogP contribution in [0.1, 0.15) is 6.92 Å². The van der Waals surface area contributed by atoms with Crippen molar-refractivity contribution in [1.82, 2.24) is 5.32 Å². The van der Waals surface area contributed by atoms with Crippen LogP contribution in [0.2, 0.25) is 0 Å². The van der Waals surface area contributed by atoms with Gasteiger partial charge in [0.1, 0.15) is 29.8 Å². The van der Waals surface area contributed by atoms with Crippen molar-refractivity contribution in [1.29, 1.82) is 0 Å². The number of amidine groups is 1. The Morgan fingerprint density at radius 3 is 2.67 bits per heavy atom. The second-order valence-corrected chi connectivity index (χ2v) is 5.35. The van der Waals surface area contributed by atoms with E-state index in [1.807, 2.05) is 5.32 Å². The summed E-state index contributed by atoms with van der Waals surface area (Å²) in [5, 5.41) is 30.2. The Balaban J connectivity index is 2.08. The number of fused-ring (bicyclic) bond motifs is 1. The maximum Gasteiger partial charge on any atom is 0.322 e. The Bertz CT molecular complexity index is 352. The van der Waals surface area contributed by atoms with Crippen LogP contribution >= 0.6 is 11.8 Å². The van der Waals surface area contributed by atoms with E-state index in [1.165, 1.54) is 0 Å². The Morgan fingerprint density at radius 1 is 1.44 bits per heavy atom. The molecule has 2 heterocycles. The predicted molar refractivity (Wildman–Crippen MR) is 60.3 cm³/mol. The molecule has 0 radical (unpaired) electrons. The van der Waals surface area contributed by atoms with Crippen molar-refractivity contribution in [2.75, 3.05) is 6.61 Å². The molecule has 0 saturated carbocycles. The number of aliphatic hydroxyl groups excluding tert-OH is 3. The Labute approximate surface area is 106 Å². The number of aliphatic hydroxyl groups is 3. The van der Waals surface area contributed by atoms with E-state index in [0.717, 1.165) is 11.8 Å². The van der Waals surface area contributed by atoms with E-state index in [9.17, 15) is 19.0 Å². The lowest BCUT2D eigenvalue weighted by molar-refractivity contribution is -0.164. The summed E-state index contributed by atoms with van der Waals surface area (Å²) < 4.78 is 30.8. The van der Waals surface area contributed by atoms with Gasteiger partial charge in [-0.3, -0.25) is 4.99 Å². The number of halogens is 2. The summed E-state index contributed by atoms with van der Waals surface area (Å²) in [4.78, 5) is 3.87. The Morgan fingerprint density at radius 2 is 2.11 bits per heavy atom. The van der Waals surface area contributed by atoms with Crippen molar-refractivity contribution in [3.05, 3.63) is 0 Å². The van der Waals surface area contributed by atoms with Gasteiger partial charge in [0.05, 0.1) is 6.61 Å². The highest BCUT2D eigenvalue weighted by molar-refractivity contribution is 8.14. The van der Waals surface area contributed by atoms with Crippen molar-refractivity contribution in [3.63, 3.8) is 0 Å². The standard InChI is InChI=1S/C9H14F2N2O4S/c1-9(10,11)13-8-12-4-6(16)5(15)3(2-14)17-7(4)18-8/h3-7,14-16H,2H2,1H3,(H,12,13)/t3-,4-,5-,6-,7-/m1/s1. The number of nitrogens with one attached hydrogen (secondary N) is 1. The van der Waals surface area contributed by atoms with E-state index in [4.69, 9.17) is 9.84 Å². The topological polar surface area (TPSA) is 94.3 Å². The van der Waals surface area contributed by atoms with Crippen LogP contribution in [0.4, 0.5) is 8.78 Å². The van der Waals surface area contributed by atoms with E-state index in [1.54, 1.807) is 0 Å². The van der Waals surface area contributed by atoms with Gasteiger partial charge in [-0.05, 0) is 0 Å². The molecule has 9 heteroatoms. The van der Waals surface area contributed by atoms with Crippen molar-refractivity contribution >= 4 is 16.9 Å². The lowest BCUT2D eigenvalue weighted by Gasteiger charge is -2.37. The SMILES string of the molecule is CC(F)(F)NC1=N[C@@H]2[C@@H](O)[C@H](O)[C@@H](CO)O[C@@H]2S1. The number of nitrogens with zero attached hydrogens (tertiary/aromatic N) is 1. The quantitative estimate of drug-likeness (QED) is 0.491. The average molecular weight is 284 g/mol.